The Morgan fingerprint density at radius 3 is 2.77 bits per heavy atom. The Morgan fingerprint density at radius 1 is 1.16 bits per heavy atom. The molecule has 160 valence electrons. The Kier molecular flexibility index (Phi) is 4.02. The number of aromatic nitrogens is 4. The number of aryl methyl sites for hydroxylation is 2. The quantitative estimate of drug-likeness (QED) is 0.650. The summed E-state index contributed by atoms with van der Waals surface area (Å²) in [6, 6.07) is 12.0. The maximum absolute atomic E-state index is 13.3. The van der Waals surface area contributed by atoms with Crippen LogP contribution in [0, 0.1) is 0 Å². The van der Waals surface area contributed by atoms with Crippen LogP contribution in [0.3, 0.4) is 0 Å². The van der Waals surface area contributed by atoms with E-state index in [-0.39, 0.29) is 24.3 Å². The van der Waals surface area contributed by atoms with E-state index in [9.17, 15) is 4.79 Å². The molecular weight excluding hydrogens is 394 g/mol. The van der Waals surface area contributed by atoms with Gasteiger partial charge in [0.1, 0.15) is 18.1 Å². The Balaban J connectivity index is 1.14. The Morgan fingerprint density at radius 2 is 2.03 bits per heavy atom. The fourth-order valence-corrected chi connectivity index (χ4v) is 5.22. The van der Waals surface area contributed by atoms with Gasteiger partial charge in [-0.15, -0.1) is 0 Å². The molecule has 1 spiro atoms. The van der Waals surface area contributed by atoms with E-state index in [1.807, 2.05) is 66.3 Å². The third-order valence-electron chi connectivity index (χ3n) is 6.76. The van der Waals surface area contributed by atoms with Crippen LogP contribution in [0.5, 0.6) is 5.75 Å². The number of ether oxygens (including phenoxy) is 2. The lowest BCUT2D eigenvalue weighted by Gasteiger charge is -2.42. The molecule has 0 radical (unpaired) electrons. The van der Waals surface area contributed by atoms with Gasteiger partial charge in [0, 0.05) is 44.9 Å². The van der Waals surface area contributed by atoms with Crippen LogP contribution in [-0.4, -0.2) is 48.3 Å². The smallest absolute Gasteiger partial charge is 0.257 e. The first-order chi connectivity index (χ1) is 15.0. The lowest BCUT2D eigenvalue weighted by atomic mass is 9.76. The van der Waals surface area contributed by atoms with Crippen molar-refractivity contribution in [2.75, 3.05) is 0 Å². The molecule has 2 aliphatic heterocycles. The van der Waals surface area contributed by atoms with Gasteiger partial charge in [0.25, 0.3) is 5.91 Å². The molecule has 8 nitrogen and oxygen atoms in total. The van der Waals surface area contributed by atoms with Crippen LogP contribution in [0.2, 0.25) is 0 Å². The zero-order valence-corrected chi connectivity index (χ0v) is 17.6. The standard InChI is InChI=1S/C23H25N5O3/c1-26-11-9-18(25-26)20-6-7-21-28(20)22(29)23(31-21)13-17(14-23)30-16-5-3-4-15(12-16)19-8-10-24-27(19)2/h3-5,8-12,17,20-21H,6-7,13-14H2,1-2H3/t17?,20-,21+,23?/m0/s1. The van der Waals surface area contributed by atoms with Crippen LogP contribution in [0.1, 0.15) is 37.4 Å². The summed E-state index contributed by atoms with van der Waals surface area (Å²) in [5.74, 6) is 0.894. The van der Waals surface area contributed by atoms with Crippen LogP contribution in [0.4, 0.5) is 0 Å². The molecule has 2 atom stereocenters. The van der Waals surface area contributed by atoms with Gasteiger partial charge in [0.2, 0.25) is 0 Å². The van der Waals surface area contributed by atoms with Crippen molar-refractivity contribution in [3.05, 3.63) is 54.5 Å². The topological polar surface area (TPSA) is 74.4 Å². The number of hydrogen-bond acceptors (Lipinski definition) is 5. The zero-order chi connectivity index (χ0) is 21.2. The third kappa shape index (κ3) is 2.89. The SMILES string of the molecule is Cn1ccc([C@@H]2CC[C@H]3OC4(CC(Oc5cccc(-c6ccnn6C)c5)C4)C(=O)N32)n1. The number of nitrogens with zero attached hydrogens (tertiary/aromatic N) is 5. The molecule has 31 heavy (non-hydrogen) atoms. The van der Waals surface area contributed by atoms with Crippen molar-refractivity contribution in [1.82, 2.24) is 24.5 Å². The van der Waals surface area contributed by atoms with Gasteiger partial charge in [-0.05, 0) is 37.1 Å². The van der Waals surface area contributed by atoms with Gasteiger partial charge in [0.15, 0.2) is 5.60 Å². The van der Waals surface area contributed by atoms with Gasteiger partial charge in [-0.25, -0.2) is 0 Å². The van der Waals surface area contributed by atoms with Crippen molar-refractivity contribution in [1.29, 1.82) is 0 Å². The van der Waals surface area contributed by atoms with E-state index in [0.29, 0.717) is 12.8 Å². The summed E-state index contributed by atoms with van der Waals surface area (Å²) >= 11 is 0. The predicted octanol–water partition coefficient (Wildman–Crippen LogP) is 2.82. The maximum atomic E-state index is 13.3. The second-order valence-electron chi connectivity index (χ2n) is 8.80. The first-order valence-electron chi connectivity index (χ1n) is 10.8. The molecule has 1 aromatic carbocycles. The lowest BCUT2D eigenvalue weighted by molar-refractivity contribution is -0.162. The Hall–Kier alpha value is -3.13. The predicted molar refractivity (Wildman–Crippen MR) is 112 cm³/mol. The summed E-state index contributed by atoms with van der Waals surface area (Å²) in [6.45, 7) is 0. The normalized spacial score (nSPS) is 29.4. The minimum absolute atomic E-state index is 0.00798. The Bertz CT molecular complexity index is 1150. The first kappa shape index (κ1) is 18.6. The summed E-state index contributed by atoms with van der Waals surface area (Å²) in [6.07, 6.45) is 6.45. The van der Waals surface area contributed by atoms with E-state index in [1.165, 1.54) is 0 Å². The molecule has 4 heterocycles. The molecule has 3 aromatic rings. The average Bonchev–Trinajstić information content (AvgIpc) is 3.48. The van der Waals surface area contributed by atoms with Gasteiger partial charge in [-0.1, -0.05) is 12.1 Å². The molecule has 8 heteroatoms. The molecule has 1 saturated carbocycles. The number of carbonyl (C=O) groups is 1. The van der Waals surface area contributed by atoms with Crippen LogP contribution >= 0.6 is 0 Å². The van der Waals surface area contributed by atoms with Crippen molar-refractivity contribution < 1.29 is 14.3 Å². The van der Waals surface area contributed by atoms with E-state index in [0.717, 1.165) is 35.5 Å². The summed E-state index contributed by atoms with van der Waals surface area (Å²) in [5.41, 5.74) is 2.30. The molecule has 2 aromatic heterocycles. The van der Waals surface area contributed by atoms with Crippen LogP contribution < -0.4 is 4.74 Å². The highest BCUT2D eigenvalue weighted by atomic mass is 16.6. The molecule has 3 aliphatic rings. The van der Waals surface area contributed by atoms with E-state index in [2.05, 4.69) is 10.2 Å². The second-order valence-corrected chi connectivity index (χ2v) is 8.80. The van der Waals surface area contributed by atoms with Crippen LogP contribution in [-0.2, 0) is 23.6 Å². The van der Waals surface area contributed by atoms with Crippen molar-refractivity contribution in [2.45, 2.75) is 49.7 Å². The number of fused-ring (bicyclic) bond motifs is 1. The lowest BCUT2D eigenvalue weighted by Crippen LogP contribution is -2.56. The number of carbonyl (C=O) groups excluding carboxylic acids is 1. The van der Waals surface area contributed by atoms with E-state index < -0.39 is 5.60 Å². The number of benzene rings is 1. The molecule has 1 amide bonds. The van der Waals surface area contributed by atoms with Gasteiger partial charge in [-0.2, -0.15) is 10.2 Å². The van der Waals surface area contributed by atoms with Gasteiger partial charge in [-0.3, -0.25) is 14.2 Å². The highest BCUT2D eigenvalue weighted by Crippen LogP contribution is 2.51. The van der Waals surface area contributed by atoms with Crippen LogP contribution in [0.15, 0.2) is 48.8 Å². The third-order valence-corrected chi connectivity index (χ3v) is 6.76. The fraction of sp³-hybridized carbons (Fsp3) is 0.435. The summed E-state index contributed by atoms with van der Waals surface area (Å²) in [5, 5.41) is 8.76. The van der Waals surface area contributed by atoms with Gasteiger partial charge >= 0.3 is 0 Å². The van der Waals surface area contributed by atoms with Crippen LogP contribution in [0.25, 0.3) is 11.3 Å². The van der Waals surface area contributed by atoms with Crippen molar-refractivity contribution >= 4 is 5.91 Å². The second kappa shape index (κ2) is 6.68. The number of amides is 1. The molecule has 1 aliphatic carbocycles. The molecule has 6 rings (SSSR count). The maximum Gasteiger partial charge on any atom is 0.257 e. The Labute approximate surface area is 180 Å². The molecule has 0 N–H and O–H groups in total. The highest BCUT2D eigenvalue weighted by molar-refractivity contribution is 5.89. The highest BCUT2D eigenvalue weighted by Gasteiger charge is 2.63. The summed E-state index contributed by atoms with van der Waals surface area (Å²) in [4.78, 5) is 15.2. The molecule has 0 unspecified atom stereocenters. The summed E-state index contributed by atoms with van der Waals surface area (Å²) in [7, 11) is 3.82. The molecule has 3 fully saturated rings. The van der Waals surface area contributed by atoms with Gasteiger partial charge < -0.3 is 14.4 Å². The van der Waals surface area contributed by atoms with Crippen molar-refractivity contribution in [3.8, 4) is 17.0 Å². The van der Waals surface area contributed by atoms with Gasteiger partial charge in [0.05, 0.1) is 17.4 Å². The van der Waals surface area contributed by atoms with Crippen molar-refractivity contribution in [3.63, 3.8) is 0 Å². The van der Waals surface area contributed by atoms with E-state index in [1.54, 1.807) is 10.9 Å². The first-order valence-corrected chi connectivity index (χ1v) is 10.8. The monoisotopic (exact) mass is 419 g/mol. The van der Waals surface area contributed by atoms with E-state index in [4.69, 9.17) is 9.47 Å². The average molecular weight is 419 g/mol. The molecule has 0 bridgehead atoms. The molecule has 2 saturated heterocycles. The van der Waals surface area contributed by atoms with Crippen molar-refractivity contribution in [2.24, 2.45) is 14.1 Å². The zero-order valence-electron chi connectivity index (χ0n) is 17.6. The summed E-state index contributed by atoms with van der Waals surface area (Å²) < 4.78 is 16.1. The number of rotatable bonds is 4. The largest absolute Gasteiger partial charge is 0.490 e. The van der Waals surface area contributed by atoms with E-state index >= 15 is 0 Å². The fourth-order valence-electron chi connectivity index (χ4n) is 5.22. The molecular formula is C23H25N5O3. The minimum Gasteiger partial charge on any atom is -0.490 e. The number of hydrogen-bond donors (Lipinski definition) is 0. The minimum atomic E-state index is -0.734.